The van der Waals surface area contributed by atoms with Gasteiger partial charge in [-0.15, -0.1) is 23.1 Å². The lowest BCUT2D eigenvalue weighted by Crippen LogP contribution is -1.90. The molecule has 98 valence electrons. The summed E-state index contributed by atoms with van der Waals surface area (Å²) in [5.74, 6) is -0.788. The summed E-state index contributed by atoms with van der Waals surface area (Å²) in [5, 5.41) is 10.5. The van der Waals surface area contributed by atoms with Gasteiger partial charge in [0.05, 0.1) is 4.21 Å². The van der Waals surface area contributed by atoms with Gasteiger partial charge in [-0.2, -0.15) is 0 Å². The van der Waals surface area contributed by atoms with Crippen LogP contribution in [-0.4, -0.2) is 11.1 Å². The Morgan fingerprint density at radius 3 is 2.89 bits per heavy atom. The van der Waals surface area contributed by atoms with Crippen molar-refractivity contribution in [2.45, 2.75) is 9.96 Å². The van der Waals surface area contributed by atoms with Crippen LogP contribution in [0.5, 0.6) is 0 Å². The third-order valence-corrected chi connectivity index (χ3v) is 4.54. The first-order valence-electron chi connectivity index (χ1n) is 5.51. The molecule has 2 aromatic rings. The van der Waals surface area contributed by atoms with Crippen molar-refractivity contribution in [2.75, 3.05) is 0 Å². The number of thiophene rings is 1. The number of thioether (sulfide) groups is 1. The molecule has 19 heavy (non-hydrogen) atoms. The van der Waals surface area contributed by atoms with Gasteiger partial charge in [0.2, 0.25) is 0 Å². The van der Waals surface area contributed by atoms with Crippen molar-refractivity contribution in [2.24, 2.45) is 0 Å². The molecule has 0 bridgehead atoms. The van der Waals surface area contributed by atoms with Crippen LogP contribution in [0.25, 0.3) is 6.08 Å². The van der Waals surface area contributed by atoms with Crippen LogP contribution in [0.3, 0.4) is 0 Å². The van der Waals surface area contributed by atoms with E-state index in [9.17, 15) is 9.18 Å². The average Bonchev–Trinajstić information content (AvgIpc) is 2.88. The van der Waals surface area contributed by atoms with Crippen LogP contribution in [-0.2, 0) is 10.5 Å². The smallest absolute Gasteiger partial charge is 0.328 e. The Bertz CT molecular complexity index is 591. The molecule has 2 rings (SSSR count). The topological polar surface area (TPSA) is 37.3 Å². The van der Waals surface area contributed by atoms with Crippen LogP contribution < -0.4 is 0 Å². The highest BCUT2D eigenvalue weighted by Gasteiger charge is 2.04. The van der Waals surface area contributed by atoms with E-state index >= 15 is 0 Å². The number of hydrogen-bond acceptors (Lipinski definition) is 3. The number of carboxylic acids is 1. The number of rotatable bonds is 5. The molecule has 0 saturated heterocycles. The largest absolute Gasteiger partial charge is 0.478 e. The van der Waals surface area contributed by atoms with Crippen LogP contribution in [0.1, 0.15) is 11.1 Å². The van der Waals surface area contributed by atoms with Gasteiger partial charge in [-0.1, -0.05) is 18.2 Å². The summed E-state index contributed by atoms with van der Waals surface area (Å²) in [4.78, 5) is 10.4. The summed E-state index contributed by atoms with van der Waals surface area (Å²) in [6.07, 6.45) is 2.37. The number of halogens is 1. The van der Waals surface area contributed by atoms with Gasteiger partial charge in [-0.25, -0.2) is 9.18 Å². The van der Waals surface area contributed by atoms with Gasteiger partial charge < -0.3 is 5.11 Å². The lowest BCUT2D eigenvalue weighted by atomic mass is 10.1. The van der Waals surface area contributed by atoms with E-state index in [0.29, 0.717) is 16.9 Å². The first-order chi connectivity index (χ1) is 9.15. The van der Waals surface area contributed by atoms with E-state index in [1.807, 2.05) is 17.5 Å². The van der Waals surface area contributed by atoms with Gasteiger partial charge >= 0.3 is 5.97 Å². The minimum atomic E-state index is -1.04. The average molecular weight is 294 g/mol. The lowest BCUT2D eigenvalue weighted by Gasteiger charge is -2.03. The van der Waals surface area contributed by atoms with Crippen LogP contribution in [0.4, 0.5) is 4.39 Å². The normalized spacial score (nSPS) is 11.0. The van der Waals surface area contributed by atoms with Gasteiger partial charge in [0.1, 0.15) is 5.82 Å². The van der Waals surface area contributed by atoms with Gasteiger partial charge in [0.15, 0.2) is 0 Å². The molecule has 0 aliphatic heterocycles. The Labute approximate surface area is 118 Å². The summed E-state index contributed by atoms with van der Waals surface area (Å²) >= 11 is 3.21. The molecule has 0 saturated carbocycles. The molecule has 0 amide bonds. The van der Waals surface area contributed by atoms with Gasteiger partial charge in [-0.3, -0.25) is 0 Å². The van der Waals surface area contributed by atoms with Crippen molar-refractivity contribution in [3.63, 3.8) is 0 Å². The fourth-order valence-corrected chi connectivity index (χ4v) is 3.22. The second-order valence-corrected chi connectivity index (χ2v) is 5.97. The highest BCUT2D eigenvalue weighted by molar-refractivity contribution is 8.00. The first-order valence-corrected chi connectivity index (χ1v) is 7.37. The molecular formula is C14H11FO2S2. The highest BCUT2D eigenvalue weighted by Crippen LogP contribution is 2.28. The van der Waals surface area contributed by atoms with E-state index < -0.39 is 5.97 Å². The zero-order valence-electron chi connectivity index (χ0n) is 9.88. The monoisotopic (exact) mass is 294 g/mol. The molecule has 1 aromatic heterocycles. The Kier molecular flexibility index (Phi) is 4.76. The molecule has 0 spiro atoms. The third kappa shape index (κ3) is 4.22. The summed E-state index contributed by atoms with van der Waals surface area (Å²) in [7, 11) is 0. The maximum absolute atomic E-state index is 13.8. The summed E-state index contributed by atoms with van der Waals surface area (Å²) < 4.78 is 15.0. The first kappa shape index (κ1) is 13.8. The molecule has 0 unspecified atom stereocenters. The number of aliphatic carboxylic acids is 1. The summed E-state index contributed by atoms with van der Waals surface area (Å²) in [6, 6.07) is 8.72. The van der Waals surface area contributed by atoms with E-state index in [1.54, 1.807) is 35.2 Å². The SMILES string of the molecule is O=C(O)/C=C/c1ccc(CSc2cccs2)c(F)c1. The minimum absolute atomic E-state index is 0.309. The Morgan fingerprint density at radius 2 is 2.26 bits per heavy atom. The van der Waals surface area contributed by atoms with E-state index in [4.69, 9.17) is 5.11 Å². The number of hydrogen-bond donors (Lipinski definition) is 1. The van der Waals surface area contributed by atoms with Crippen molar-refractivity contribution in [1.29, 1.82) is 0 Å². The molecule has 0 radical (unpaired) electrons. The Morgan fingerprint density at radius 1 is 1.42 bits per heavy atom. The Balaban J connectivity index is 2.04. The molecule has 1 aromatic carbocycles. The minimum Gasteiger partial charge on any atom is -0.478 e. The molecule has 0 fully saturated rings. The van der Waals surface area contributed by atoms with Crippen LogP contribution >= 0.6 is 23.1 Å². The summed E-state index contributed by atoms with van der Waals surface area (Å²) in [5.41, 5.74) is 1.16. The molecule has 1 heterocycles. The maximum atomic E-state index is 13.8. The van der Waals surface area contributed by atoms with Crippen molar-refractivity contribution in [3.05, 3.63) is 58.7 Å². The van der Waals surface area contributed by atoms with E-state index in [-0.39, 0.29) is 5.82 Å². The standard InChI is InChI=1S/C14H11FO2S2/c15-12-8-10(4-6-13(16)17)3-5-11(12)9-19-14-2-1-7-18-14/h1-8H,9H2,(H,16,17)/b6-4+. The fraction of sp³-hybridized carbons (Fsp3) is 0.0714. The zero-order chi connectivity index (χ0) is 13.7. The molecule has 0 aliphatic carbocycles. The molecule has 0 atom stereocenters. The number of carboxylic acid groups (broad SMARTS) is 1. The molecule has 5 heteroatoms. The second kappa shape index (κ2) is 6.54. The molecule has 2 nitrogen and oxygen atoms in total. The van der Waals surface area contributed by atoms with Crippen LogP contribution in [0.2, 0.25) is 0 Å². The van der Waals surface area contributed by atoms with E-state index in [1.165, 1.54) is 12.1 Å². The van der Waals surface area contributed by atoms with Gasteiger partial charge in [0.25, 0.3) is 0 Å². The molecule has 0 aliphatic rings. The van der Waals surface area contributed by atoms with Gasteiger partial charge in [-0.05, 0) is 34.7 Å². The second-order valence-electron chi connectivity index (χ2n) is 3.74. The van der Waals surface area contributed by atoms with Crippen molar-refractivity contribution in [1.82, 2.24) is 0 Å². The Hall–Kier alpha value is -1.59. The third-order valence-electron chi connectivity index (χ3n) is 2.36. The molecular weight excluding hydrogens is 283 g/mol. The van der Waals surface area contributed by atoms with E-state index in [0.717, 1.165) is 10.3 Å². The maximum Gasteiger partial charge on any atom is 0.328 e. The predicted octanol–water partition coefficient (Wildman–Crippen LogP) is 4.28. The highest BCUT2D eigenvalue weighted by atomic mass is 32.2. The van der Waals surface area contributed by atoms with Crippen molar-refractivity contribution in [3.8, 4) is 0 Å². The van der Waals surface area contributed by atoms with Crippen LogP contribution in [0, 0.1) is 5.82 Å². The van der Waals surface area contributed by atoms with E-state index in [2.05, 4.69) is 0 Å². The summed E-state index contributed by atoms with van der Waals surface area (Å²) in [6.45, 7) is 0. The fourth-order valence-electron chi connectivity index (χ4n) is 1.45. The molecule has 1 N–H and O–H groups in total. The lowest BCUT2D eigenvalue weighted by molar-refractivity contribution is -0.131. The quantitative estimate of drug-likeness (QED) is 0.660. The predicted molar refractivity (Wildman–Crippen MR) is 76.9 cm³/mol. The van der Waals surface area contributed by atoms with Crippen LogP contribution in [0.15, 0.2) is 46.0 Å². The zero-order valence-corrected chi connectivity index (χ0v) is 11.5. The van der Waals surface area contributed by atoms with Crippen molar-refractivity contribution >= 4 is 35.1 Å². The van der Waals surface area contributed by atoms with Gasteiger partial charge in [0, 0.05) is 11.8 Å². The number of benzene rings is 1. The number of carbonyl (C=O) groups is 1. The van der Waals surface area contributed by atoms with Crippen molar-refractivity contribution < 1.29 is 14.3 Å².